The molecule has 130 valence electrons. The first-order chi connectivity index (χ1) is 11.0. The molecule has 0 saturated heterocycles. The molecule has 1 aromatic rings. The van der Waals surface area contributed by atoms with Crippen LogP contribution in [0.2, 0.25) is 0 Å². The quantitative estimate of drug-likeness (QED) is 0.326. The van der Waals surface area contributed by atoms with Crippen molar-refractivity contribution in [3.63, 3.8) is 0 Å². The molecule has 0 unspecified atom stereocenters. The zero-order valence-electron chi connectivity index (χ0n) is 13.4. The van der Waals surface area contributed by atoms with E-state index >= 15 is 0 Å². The lowest BCUT2D eigenvalue weighted by atomic mass is 10.1. The third-order valence-electron chi connectivity index (χ3n) is 2.71. The Labute approximate surface area is 145 Å². The Balaban J connectivity index is 0.00000232. The normalized spacial score (nSPS) is 9.65. The average Bonchev–Trinajstić information content (AvgIpc) is 2.54. The van der Waals surface area contributed by atoms with Crippen molar-refractivity contribution in [1.82, 2.24) is 4.90 Å². The van der Waals surface area contributed by atoms with Gasteiger partial charge >= 0.3 is 5.30 Å². The number of amides is 1. The smallest absolute Gasteiger partial charge is 0.369 e. The van der Waals surface area contributed by atoms with Crippen molar-refractivity contribution < 1.29 is 23.3 Å². The number of carbonyl (C=O) groups is 2. The van der Waals surface area contributed by atoms with Gasteiger partial charge in [-0.05, 0) is 43.6 Å². The molecule has 0 bridgehead atoms. The number of rotatable bonds is 7. The van der Waals surface area contributed by atoms with Crippen LogP contribution in [0.15, 0.2) is 18.2 Å². The molecule has 1 rings (SSSR count). The first kappa shape index (κ1) is 21.8. The summed E-state index contributed by atoms with van der Waals surface area (Å²) >= 11 is 4.11. The van der Waals surface area contributed by atoms with E-state index in [0.717, 1.165) is 18.1 Å². The van der Waals surface area contributed by atoms with Gasteiger partial charge < -0.3 is 14.2 Å². The summed E-state index contributed by atoms with van der Waals surface area (Å²) in [5.41, 5.74) is 0.171. The minimum Gasteiger partial charge on any atom is -0.415 e. The van der Waals surface area contributed by atoms with Gasteiger partial charge in [-0.15, -0.1) is 0 Å². The Morgan fingerprint density at radius 2 is 2.04 bits per heavy atom. The molecule has 0 aliphatic heterocycles. The van der Waals surface area contributed by atoms with Crippen LogP contribution in [-0.4, -0.2) is 39.5 Å². The molecule has 0 spiro atoms. The summed E-state index contributed by atoms with van der Waals surface area (Å²) in [5.74, 6) is -0.866. The predicted molar refractivity (Wildman–Crippen MR) is 94.0 cm³/mol. The molecule has 0 radical (unpaired) electrons. The molecule has 0 atom stereocenters. The van der Waals surface area contributed by atoms with Crippen molar-refractivity contribution in [1.29, 1.82) is 0 Å². The highest BCUT2D eigenvalue weighted by atomic mass is 32.2. The Morgan fingerprint density at radius 1 is 1.39 bits per heavy atom. The van der Waals surface area contributed by atoms with Crippen LogP contribution in [0.25, 0.3) is 0 Å². The number of nitrogens with zero attached hydrogens (tertiary/aromatic N) is 1. The van der Waals surface area contributed by atoms with E-state index in [2.05, 4.69) is 17.4 Å². The van der Waals surface area contributed by atoms with Gasteiger partial charge in [0.25, 0.3) is 5.91 Å². The number of halogens is 1. The fourth-order valence-corrected chi connectivity index (χ4v) is 2.07. The van der Waals surface area contributed by atoms with E-state index in [1.165, 1.54) is 12.1 Å². The lowest BCUT2D eigenvalue weighted by molar-refractivity contribution is 0.0764. The van der Waals surface area contributed by atoms with E-state index in [1.54, 1.807) is 4.90 Å². The molecule has 1 amide bonds. The van der Waals surface area contributed by atoms with Crippen LogP contribution in [0, 0.1) is 5.82 Å². The van der Waals surface area contributed by atoms with Gasteiger partial charge in [0.1, 0.15) is 0 Å². The minimum atomic E-state index is -0.926. The van der Waals surface area contributed by atoms with Gasteiger partial charge in [0.05, 0.1) is 0 Å². The van der Waals surface area contributed by atoms with Crippen molar-refractivity contribution >= 4 is 35.9 Å². The maximum atomic E-state index is 13.7. The van der Waals surface area contributed by atoms with E-state index in [4.69, 9.17) is 4.55 Å². The Morgan fingerprint density at radius 3 is 2.52 bits per heavy atom. The summed E-state index contributed by atoms with van der Waals surface area (Å²) in [7, 11) is 0. The standard InChI is InChI=1S/C13H16FNO4S2.C2H6/c1-2-15(6-3-7-21-18)12(16)9-4-5-11(10(14)8-9)19-13(17)20;1-2/h4-5,8,18H,2-3,6-7H2,1H3,(H,17,20);1-2H3. The molecule has 0 aliphatic rings. The van der Waals surface area contributed by atoms with Crippen LogP contribution < -0.4 is 4.74 Å². The zero-order valence-corrected chi connectivity index (χ0v) is 15.1. The van der Waals surface area contributed by atoms with Crippen LogP contribution in [0.3, 0.4) is 0 Å². The van der Waals surface area contributed by atoms with Gasteiger partial charge in [-0.1, -0.05) is 26.5 Å². The molecule has 0 saturated carbocycles. The molecular weight excluding hydrogens is 341 g/mol. The van der Waals surface area contributed by atoms with E-state index in [0.29, 0.717) is 25.3 Å². The molecule has 8 heteroatoms. The zero-order chi connectivity index (χ0) is 17.8. The topological polar surface area (TPSA) is 66.8 Å². The number of benzene rings is 1. The number of hydrogen-bond acceptors (Lipinski definition) is 5. The second kappa shape index (κ2) is 12.2. The average molecular weight is 363 g/mol. The highest BCUT2D eigenvalue weighted by Gasteiger charge is 2.16. The molecule has 0 aromatic heterocycles. The van der Waals surface area contributed by atoms with E-state index in [-0.39, 0.29) is 17.2 Å². The van der Waals surface area contributed by atoms with E-state index in [9.17, 15) is 14.0 Å². The highest BCUT2D eigenvalue weighted by Crippen LogP contribution is 2.20. The Bertz CT molecular complexity index is 514. The molecule has 0 fully saturated rings. The first-order valence-electron chi connectivity index (χ1n) is 7.25. The molecular formula is C15H22FNO4S2. The second-order valence-electron chi connectivity index (χ2n) is 4.08. The maximum absolute atomic E-state index is 13.7. The lowest BCUT2D eigenvalue weighted by Crippen LogP contribution is -2.32. The maximum Gasteiger partial charge on any atom is 0.369 e. The summed E-state index contributed by atoms with van der Waals surface area (Å²) < 4.78 is 26.9. The molecule has 0 aliphatic carbocycles. The first-order valence-corrected chi connectivity index (χ1v) is 8.64. The Kier molecular flexibility index (Phi) is 11.5. The number of ether oxygens (including phenoxy) is 1. The van der Waals surface area contributed by atoms with Gasteiger partial charge in [0.15, 0.2) is 11.6 Å². The van der Waals surface area contributed by atoms with Crippen molar-refractivity contribution in [2.75, 3.05) is 18.8 Å². The fraction of sp³-hybridized carbons (Fsp3) is 0.467. The molecule has 23 heavy (non-hydrogen) atoms. The summed E-state index contributed by atoms with van der Waals surface area (Å²) in [5, 5.41) is -0.926. The largest absolute Gasteiger partial charge is 0.415 e. The van der Waals surface area contributed by atoms with Crippen LogP contribution >= 0.6 is 24.7 Å². The third kappa shape index (κ3) is 7.71. The Hall–Kier alpha value is -1.25. The van der Waals surface area contributed by atoms with Gasteiger partial charge in [0, 0.05) is 24.4 Å². The van der Waals surface area contributed by atoms with Crippen molar-refractivity contribution in [3.05, 3.63) is 29.6 Å². The van der Waals surface area contributed by atoms with Crippen LogP contribution in [0.5, 0.6) is 5.75 Å². The van der Waals surface area contributed by atoms with Crippen LogP contribution in [0.1, 0.15) is 37.6 Å². The van der Waals surface area contributed by atoms with Gasteiger partial charge in [0.2, 0.25) is 0 Å². The lowest BCUT2D eigenvalue weighted by Gasteiger charge is -2.20. The number of carbonyl (C=O) groups excluding carboxylic acids is 2. The van der Waals surface area contributed by atoms with Gasteiger partial charge in [-0.2, -0.15) is 0 Å². The molecule has 1 aromatic carbocycles. The molecule has 0 heterocycles. The summed E-state index contributed by atoms with van der Waals surface area (Å²) in [6, 6.07) is 3.63. The van der Waals surface area contributed by atoms with Crippen molar-refractivity contribution in [2.24, 2.45) is 0 Å². The summed E-state index contributed by atoms with van der Waals surface area (Å²) in [4.78, 5) is 24.4. The van der Waals surface area contributed by atoms with Gasteiger partial charge in [-0.3, -0.25) is 4.79 Å². The minimum absolute atomic E-state index is 0.171. The molecule has 5 nitrogen and oxygen atoms in total. The fourth-order valence-electron chi connectivity index (χ4n) is 1.72. The second-order valence-corrected chi connectivity index (χ2v) is 5.12. The predicted octanol–water partition coefficient (Wildman–Crippen LogP) is 4.34. The van der Waals surface area contributed by atoms with Crippen LogP contribution in [0.4, 0.5) is 9.18 Å². The van der Waals surface area contributed by atoms with E-state index in [1.807, 2.05) is 20.8 Å². The van der Waals surface area contributed by atoms with Crippen molar-refractivity contribution in [3.8, 4) is 5.75 Å². The molecule has 1 N–H and O–H groups in total. The number of hydrogen-bond donors (Lipinski definition) is 2. The highest BCUT2D eigenvalue weighted by molar-refractivity contribution is 7.96. The van der Waals surface area contributed by atoms with Crippen molar-refractivity contribution in [2.45, 2.75) is 27.2 Å². The third-order valence-corrected chi connectivity index (χ3v) is 3.27. The SMILES string of the molecule is CC.CCN(CCCSO)C(=O)c1ccc(OC(=O)S)c(F)c1. The summed E-state index contributed by atoms with van der Waals surface area (Å²) in [6.07, 6.45) is 0.637. The number of thiol groups is 1. The van der Waals surface area contributed by atoms with Crippen LogP contribution in [-0.2, 0) is 0 Å². The summed E-state index contributed by atoms with van der Waals surface area (Å²) in [6.45, 7) is 6.76. The van der Waals surface area contributed by atoms with Gasteiger partial charge in [-0.25, -0.2) is 9.18 Å². The monoisotopic (exact) mass is 363 g/mol. The van der Waals surface area contributed by atoms with E-state index < -0.39 is 11.1 Å².